The molecule has 3 rings (SSSR count). The van der Waals surface area contributed by atoms with Gasteiger partial charge in [-0.15, -0.1) is 0 Å². The third-order valence-electron chi connectivity index (χ3n) is 3.17. The van der Waals surface area contributed by atoms with Gasteiger partial charge in [0.1, 0.15) is 12.4 Å². The first-order valence-corrected chi connectivity index (χ1v) is 6.75. The molecule has 0 bridgehead atoms. The maximum absolute atomic E-state index is 11.5. The summed E-state index contributed by atoms with van der Waals surface area (Å²) >= 11 is 0. The molecule has 0 radical (unpaired) electrons. The summed E-state index contributed by atoms with van der Waals surface area (Å²) in [6.07, 6.45) is 2.91. The van der Waals surface area contributed by atoms with E-state index in [1.54, 1.807) is 6.92 Å². The fraction of sp³-hybridized carbons (Fsp3) is 0.267. The maximum atomic E-state index is 11.5. The van der Waals surface area contributed by atoms with Gasteiger partial charge in [0.25, 0.3) is 0 Å². The van der Waals surface area contributed by atoms with Crippen LogP contribution in [0.25, 0.3) is 0 Å². The number of esters is 1. The molecule has 1 aromatic carbocycles. The summed E-state index contributed by atoms with van der Waals surface area (Å²) in [5, 5.41) is 3.20. The third kappa shape index (κ3) is 2.79. The number of carbonyl (C=O) groups excluding carboxylic acids is 1. The van der Waals surface area contributed by atoms with Gasteiger partial charge >= 0.3 is 5.97 Å². The predicted octanol–water partition coefficient (Wildman–Crippen LogP) is 2.20. The molecule has 0 unspecified atom stereocenters. The Morgan fingerprint density at radius 2 is 2.14 bits per heavy atom. The third-order valence-corrected chi connectivity index (χ3v) is 3.17. The minimum atomic E-state index is -0.418. The number of benzene rings is 1. The van der Waals surface area contributed by atoms with E-state index >= 15 is 0 Å². The Bertz CT molecular complexity index is 643. The summed E-state index contributed by atoms with van der Waals surface area (Å²) in [5.74, 6) is 0.907. The van der Waals surface area contributed by atoms with E-state index in [1.807, 2.05) is 24.3 Å². The van der Waals surface area contributed by atoms with E-state index in [1.165, 1.54) is 12.4 Å². The van der Waals surface area contributed by atoms with Crippen molar-refractivity contribution in [1.82, 2.24) is 9.97 Å². The van der Waals surface area contributed by atoms with Gasteiger partial charge in [0.15, 0.2) is 0 Å². The van der Waals surface area contributed by atoms with E-state index < -0.39 is 5.97 Å². The van der Waals surface area contributed by atoms with Crippen LogP contribution in [0, 0.1) is 0 Å². The van der Waals surface area contributed by atoms with E-state index in [0.29, 0.717) is 24.7 Å². The SMILES string of the molecule is CCOC(=O)c1cnc(N[C@@H]2COc3ccccc32)nc1. The molecule has 2 aromatic rings. The van der Waals surface area contributed by atoms with Crippen molar-refractivity contribution < 1.29 is 14.3 Å². The normalized spacial score (nSPS) is 16.0. The Hall–Kier alpha value is -2.63. The number of carbonyl (C=O) groups is 1. The Morgan fingerprint density at radius 3 is 2.90 bits per heavy atom. The molecule has 2 heterocycles. The molecule has 0 spiro atoms. The number of anilines is 1. The van der Waals surface area contributed by atoms with Crippen molar-refractivity contribution in [2.75, 3.05) is 18.5 Å². The highest BCUT2D eigenvalue weighted by molar-refractivity contribution is 5.88. The number of aromatic nitrogens is 2. The van der Waals surface area contributed by atoms with E-state index in [-0.39, 0.29) is 6.04 Å². The van der Waals surface area contributed by atoms with Crippen LogP contribution in [0.3, 0.4) is 0 Å². The van der Waals surface area contributed by atoms with E-state index in [0.717, 1.165) is 11.3 Å². The first kappa shape index (κ1) is 13.4. The molecule has 6 heteroatoms. The van der Waals surface area contributed by atoms with Crippen LogP contribution in [-0.2, 0) is 4.74 Å². The molecule has 1 atom stereocenters. The summed E-state index contributed by atoms with van der Waals surface area (Å²) in [4.78, 5) is 19.8. The second kappa shape index (κ2) is 5.78. The Morgan fingerprint density at radius 1 is 1.38 bits per heavy atom. The van der Waals surface area contributed by atoms with Gasteiger partial charge < -0.3 is 14.8 Å². The summed E-state index contributed by atoms with van der Waals surface area (Å²) in [6.45, 7) is 2.61. The highest BCUT2D eigenvalue weighted by Crippen LogP contribution is 2.33. The lowest BCUT2D eigenvalue weighted by atomic mass is 10.1. The van der Waals surface area contributed by atoms with Crippen molar-refractivity contribution in [1.29, 1.82) is 0 Å². The molecule has 0 fully saturated rings. The Labute approximate surface area is 122 Å². The van der Waals surface area contributed by atoms with Crippen LogP contribution in [0.2, 0.25) is 0 Å². The molecule has 0 saturated heterocycles. The summed E-state index contributed by atoms with van der Waals surface area (Å²) < 4.78 is 10.5. The van der Waals surface area contributed by atoms with Gasteiger partial charge in [-0.2, -0.15) is 0 Å². The maximum Gasteiger partial charge on any atom is 0.341 e. The first-order chi connectivity index (χ1) is 10.3. The molecule has 0 saturated carbocycles. The summed E-state index contributed by atoms with van der Waals surface area (Å²) in [5.41, 5.74) is 1.42. The molecule has 0 aliphatic carbocycles. The largest absolute Gasteiger partial charge is 0.491 e. The zero-order valence-corrected chi connectivity index (χ0v) is 11.6. The van der Waals surface area contributed by atoms with Gasteiger partial charge in [-0.1, -0.05) is 18.2 Å². The second-order valence-corrected chi connectivity index (χ2v) is 4.56. The van der Waals surface area contributed by atoms with Crippen molar-refractivity contribution in [2.45, 2.75) is 13.0 Å². The lowest BCUT2D eigenvalue weighted by Gasteiger charge is -2.11. The average Bonchev–Trinajstić information content (AvgIpc) is 2.92. The highest BCUT2D eigenvalue weighted by Gasteiger charge is 2.24. The molecular weight excluding hydrogens is 270 g/mol. The van der Waals surface area contributed by atoms with Crippen LogP contribution >= 0.6 is 0 Å². The number of para-hydroxylation sites is 1. The van der Waals surface area contributed by atoms with Gasteiger partial charge in [-0.25, -0.2) is 14.8 Å². The zero-order valence-electron chi connectivity index (χ0n) is 11.6. The number of nitrogens with zero attached hydrogens (tertiary/aromatic N) is 2. The number of fused-ring (bicyclic) bond motifs is 1. The van der Waals surface area contributed by atoms with Crippen LogP contribution in [0.4, 0.5) is 5.95 Å². The molecule has 6 nitrogen and oxygen atoms in total. The van der Waals surface area contributed by atoms with Crippen molar-refractivity contribution >= 4 is 11.9 Å². The zero-order chi connectivity index (χ0) is 14.7. The first-order valence-electron chi connectivity index (χ1n) is 6.75. The van der Waals surface area contributed by atoms with Crippen molar-refractivity contribution in [2.24, 2.45) is 0 Å². The fourth-order valence-electron chi connectivity index (χ4n) is 2.16. The monoisotopic (exact) mass is 285 g/mol. The molecule has 1 aliphatic heterocycles. The smallest absolute Gasteiger partial charge is 0.341 e. The molecule has 1 aliphatic rings. The van der Waals surface area contributed by atoms with E-state index in [9.17, 15) is 4.79 Å². The molecule has 1 N–H and O–H groups in total. The van der Waals surface area contributed by atoms with Gasteiger partial charge in [0.05, 0.1) is 18.2 Å². The number of hydrogen-bond acceptors (Lipinski definition) is 6. The average molecular weight is 285 g/mol. The van der Waals surface area contributed by atoms with Gasteiger partial charge in [-0.3, -0.25) is 0 Å². The van der Waals surface area contributed by atoms with Crippen LogP contribution in [-0.4, -0.2) is 29.2 Å². The van der Waals surface area contributed by atoms with Gasteiger partial charge in [-0.05, 0) is 13.0 Å². The predicted molar refractivity (Wildman–Crippen MR) is 76.3 cm³/mol. The number of hydrogen-bond donors (Lipinski definition) is 1. The quantitative estimate of drug-likeness (QED) is 0.868. The highest BCUT2D eigenvalue weighted by atomic mass is 16.5. The molecular formula is C15H15N3O3. The van der Waals surface area contributed by atoms with Crippen molar-refractivity contribution in [3.63, 3.8) is 0 Å². The lowest BCUT2D eigenvalue weighted by Crippen LogP contribution is -2.14. The van der Waals surface area contributed by atoms with Crippen molar-refractivity contribution in [3.8, 4) is 5.75 Å². The lowest BCUT2D eigenvalue weighted by molar-refractivity contribution is 0.0525. The Kier molecular flexibility index (Phi) is 3.68. The van der Waals surface area contributed by atoms with Crippen LogP contribution in [0.15, 0.2) is 36.7 Å². The molecule has 0 amide bonds. The van der Waals surface area contributed by atoms with E-state index in [4.69, 9.17) is 9.47 Å². The van der Waals surface area contributed by atoms with Crippen LogP contribution in [0.5, 0.6) is 5.75 Å². The topological polar surface area (TPSA) is 73.3 Å². The minimum absolute atomic E-state index is 0.00893. The van der Waals surface area contributed by atoms with Gasteiger partial charge in [0.2, 0.25) is 5.95 Å². The standard InChI is InChI=1S/C15H15N3O3/c1-2-20-14(19)10-7-16-15(17-8-10)18-12-9-21-13-6-4-3-5-11(12)13/h3-8,12H,2,9H2,1H3,(H,16,17,18)/t12-/m1/s1. The number of nitrogens with one attached hydrogen (secondary N) is 1. The van der Waals surface area contributed by atoms with E-state index in [2.05, 4.69) is 15.3 Å². The van der Waals surface area contributed by atoms with Crippen LogP contribution in [0.1, 0.15) is 28.9 Å². The Balaban J connectivity index is 1.71. The van der Waals surface area contributed by atoms with Crippen LogP contribution < -0.4 is 10.1 Å². The second-order valence-electron chi connectivity index (χ2n) is 4.56. The number of rotatable bonds is 4. The molecule has 1 aromatic heterocycles. The molecule has 108 valence electrons. The number of ether oxygens (including phenoxy) is 2. The fourth-order valence-corrected chi connectivity index (χ4v) is 2.16. The van der Waals surface area contributed by atoms with Gasteiger partial charge in [0, 0.05) is 18.0 Å². The summed E-state index contributed by atoms with van der Waals surface area (Å²) in [7, 11) is 0. The summed E-state index contributed by atoms with van der Waals surface area (Å²) in [6, 6.07) is 7.85. The minimum Gasteiger partial charge on any atom is -0.491 e. The molecule has 21 heavy (non-hydrogen) atoms. The van der Waals surface area contributed by atoms with Crippen molar-refractivity contribution in [3.05, 3.63) is 47.8 Å².